The number of fused-ring (bicyclic) bond motifs is 1. The smallest absolute Gasteiger partial charge is 0.247 e. The van der Waals surface area contributed by atoms with Gasteiger partial charge in [-0.25, -0.2) is 4.98 Å². The summed E-state index contributed by atoms with van der Waals surface area (Å²) < 4.78 is 0.931. The molecule has 2 heterocycles. The molecule has 2 aromatic rings. The van der Waals surface area contributed by atoms with Crippen molar-refractivity contribution in [2.24, 2.45) is 5.92 Å². The van der Waals surface area contributed by atoms with Gasteiger partial charge in [0.05, 0.1) is 15.2 Å². The van der Waals surface area contributed by atoms with Crippen molar-refractivity contribution >= 4 is 50.9 Å². The summed E-state index contributed by atoms with van der Waals surface area (Å²) >= 11 is 7.58. The Morgan fingerprint density at radius 1 is 1.18 bits per heavy atom. The highest BCUT2D eigenvalue weighted by atomic mass is 35.5. The summed E-state index contributed by atoms with van der Waals surface area (Å²) in [5.41, 5.74) is 1.34. The molecule has 1 fully saturated rings. The Hall–Kier alpha value is -2.49. The fourth-order valence-electron chi connectivity index (χ4n) is 4.48. The number of benzene rings is 1. The van der Waals surface area contributed by atoms with Crippen LogP contribution in [0.5, 0.6) is 0 Å². The first-order valence-electron chi connectivity index (χ1n) is 13.5. The van der Waals surface area contributed by atoms with Gasteiger partial charge in [-0.3, -0.25) is 19.3 Å². The van der Waals surface area contributed by atoms with Crippen LogP contribution in [0, 0.1) is 5.92 Å². The second-order valence-electron chi connectivity index (χ2n) is 10.1. The molecule has 1 aromatic heterocycles. The lowest BCUT2D eigenvalue weighted by Gasteiger charge is -2.27. The minimum Gasteiger partial charge on any atom is -0.350 e. The summed E-state index contributed by atoms with van der Waals surface area (Å²) in [5, 5.41) is 10.3. The molecule has 8 nitrogen and oxygen atoms in total. The molecule has 1 aromatic carbocycles. The van der Waals surface area contributed by atoms with E-state index in [-0.39, 0.29) is 42.6 Å². The number of likely N-dealkylation sites (tertiary alicyclic amines) is 1. The van der Waals surface area contributed by atoms with Crippen LogP contribution in [0.25, 0.3) is 10.2 Å². The van der Waals surface area contributed by atoms with E-state index < -0.39 is 6.04 Å². The van der Waals surface area contributed by atoms with Crippen LogP contribution in [0.1, 0.15) is 57.9 Å². The number of halogens is 1. The average molecular weight is 562 g/mol. The third-order valence-electron chi connectivity index (χ3n) is 6.98. The van der Waals surface area contributed by atoms with Crippen LogP contribution < -0.4 is 16.0 Å². The lowest BCUT2D eigenvalue weighted by Crippen LogP contribution is -2.54. The van der Waals surface area contributed by atoms with Crippen molar-refractivity contribution in [2.45, 2.75) is 71.4 Å². The molecule has 10 heteroatoms. The van der Waals surface area contributed by atoms with Crippen molar-refractivity contribution in [2.75, 3.05) is 26.2 Å². The lowest BCUT2D eigenvalue weighted by molar-refractivity contribution is -0.129. The summed E-state index contributed by atoms with van der Waals surface area (Å²) in [5.74, 6) is -0.548. The molecule has 0 aliphatic carbocycles. The van der Waals surface area contributed by atoms with Crippen molar-refractivity contribution in [3.8, 4) is 0 Å². The quantitative estimate of drug-likeness (QED) is 0.302. The normalized spacial score (nSPS) is 16.1. The van der Waals surface area contributed by atoms with Gasteiger partial charge in [0.25, 0.3) is 0 Å². The molecule has 1 saturated heterocycles. The number of thiazole rings is 1. The van der Waals surface area contributed by atoms with E-state index in [0.717, 1.165) is 47.6 Å². The van der Waals surface area contributed by atoms with E-state index in [2.05, 4.69) is 32.4 Å². The van der Waals surface area contributed by atoms with Crippen molar-refractivity contribution in [3.63, 3.8) is 0 Å². The first kappa shape index (κ1) is 30.1. The summed E-state index contributed by atoms with van der Waals surface area (Å²) in [6.45, 7) is 12.8. The van der Waals surface area contributed by atoms with Crippen molar-refractivity contribution < 1.29 is 14.4 Å². The number of nitrogens with zero attached hydrogens (tertiary/aromatic N) is 2. The summed E-state index contributed by atoms with van der Waals surface area (Å²) in [6, 6.07) is 4.41. The van der Waals surface area contributed by atoms with Gasteiger partial charge in [0.2, 0.25) is 17.7 Å². The van der Waals surface area contributed by atoms with Crippen molar-refractivity contribution in [3.05, 3.63) is 40.4 Å². The Bertz CT molecular complexity index is 1130. The monoisotopic (exact) mass is 561 g/mol. The maximum atomic E-state index is 13.5. The molecular formula is C28H40ClN5O3S. The molecule has 0 spiro atoms. The standard InChI is InChI=1S/C28H40ClN5O3S/c1-5-9-25(35)31-22(15-26-32-21-11-10-20(29)14-24(21)38-26)28(37)33-23(18(3)6-2)16-30-27(36)19(4)17-34-12-7-8-13-34/h10-11,14,18,22-23H,4-9,12-13,15-17H2,1-3H3,(H,30,36)(H,31,35)(H,33,37)/t18-,22-,23+/m0/s1. The highest BCUT2D eigenvalue weighted by Crippen LogP contribution is 2.26. The van der Waals surface area contributed by atoms with Gasteiger partial charge in [0, 0.05) is 42.6 Å². The topological polar surface area (TPSA) is 103 Å². The maximum Gasteiger partial charge on any atom is 0.247 e. The Kier molecular flexibility index (Phi) is 11.6. The van der Waals surface area contributed by atoms with Crippen LogP contribution in [0.15, 0.2) is 30.4 Å². The molecule has 3 atom stereocenters. The number of nitrogens with one attached hydrogen (secondary N) is 3. The zero-order valence-corrected chi connectivity index (χ0v) is 24.2. The van der Waals surface area contributed by atoms with Gasteiger partial charge in [-0.05, 0) is 56.5 Å². The molecule has 3 rings (SSSR count). The maximum absolute atomic E-state index is 13.5. The highest BCUT2D eigenvalue weighted by molar-refractivity contribution is 7.18. The molecule has 0 radical (unpaired) electrons. The zero-order chi connectivity index (χ0) is 27.7. The second-order valence-corrected chi connectivity index (χ2v) is 11.6. The third kappa shape index (κ3) is 8.78. The molecule has 1 aliphatic rings. The van der Waals surface area contributed by atoms with E-state index in [1.807, 2.05) is 32.9 Å². The number of hydrogen-bond donors (Lipinski definition) is 3. The van der Waals surface area contributed by atoms with Gasteiger partial charge in [0.15, 0.2) is 0 Å². The van der Waals surface area contributed by atoms with Crippen LogP contribution in [0.2, 0.25) is 5.02 Å². The molecule has 1 aliphatic heterocycles. The molecule has 0 bridgehead atoms. The first-order chi connectivity index (χ1) is 18.2. The number of carbonyl (C=O) groups is 3. The predicted octanol–water partition coefficient (Wildman–Crippen LogP) is 4.08. The van der Waals surface area contributed by atoms with Crippen molar-refractivity contribution in [1.82, 2.24) is 25.8 Å². The largest absolute Gasteiger partial charge is 0.350 e. The van der Waals surface area contributed by atoms with Gasteiger partial charge in [-0.1, -0.05) is 45.4 Å². The van der Waals surface area contributed by atoms with E-state index >= 15 is 0 Å². The highest BCUT2D eigenvalue weighted by Gasteiger charge is 2.27. The molecule has 38 heavy (non-hydrogen) atoms. The number of carbonyl (C=O) groups excluding carboxylic acids is 3. The van der Waals surface area contributed by atoms with Crippen LogP contribution >= 0.6 is 22.9 Å². The van der Waals surface area contributed by atoms with E-state index in [9.17, 15) is 14.4 Å². The molecule has 3 amide bonds. The first-order valence-corrected chi connectivity index (χ1v) is 14.7. The van der Waals surface area contributed by atoms with E-state index in [0.29, 0.717) is 30.0 Å². The fourth-order valence-corrected chi connectivity index (χ4v) is 5.77. The Morgan fingerprint density at radius 3 is 2.61 bits per heavy atom. The number of amides is 3. The minimum absolute atomic E-state index is 0.114. The zero-order valence-electron chi connectivity index (χ0n) is 22.6. The Morgan fingerprint density at radius 2 is 1.92 bits per heavy atom. The fraction of sp³-hybridized carbons (Fsp3) is 0.571. The van der Waals surface area contributed by atoms with Crippen LogP contribution in [-0.4, -0.2) is 65.9 Å². The Labute approximate surface area is 234 Å². The molecule has 3 N–H and O–H groups in total. The van der Waals surface area contributed by atoms with Gasteiger partial charge >= 0.3 is 0 Å². The van der Waals surface area contributed by atoms with Crippen LogP contribution in [0.3, 0.4) is 0 Å². The minimum atomic E-state index is -0.780. The molecule has 208 valence electrons. The van der Waals surface area contributed by atoms with Crippen molar-refractivity contribution in [1.29, 1.82) is 0 Å². The molecule has 0 saturated carbocycles. The predicted molar refractivity (Wildman–Crippen MR) is 154 cm³/mol. The SMILES string of the molecule is C=C(CN1CCCC1)C(=O)NC[C@@H](NC(=O)[C@H](Cc1nc2ccc(Cl)cc2s1)NC(=O)CCC)[C@@H](C)CC. The summed E-state index contributed by atoms with van der Waals surface area (Å²) in [7, 11) is 0. The van der Waals surface area contributed by atoms with Crippen LogP contribution in [0.4, 0.5) is 0 Å². The number of rotatable bonds is 14. The second kappa shape index (κ2) is 14.6. The third-order valence-corrected chi connectivity index (χ3v) is 8.25. The Balaban J connectivity index is 1.67. The van der Waals surface area contributed by atoms with E-state index in [1.165, 1.54) is 11.3 Å². The molecule has 0 unspecified atom stereocenters. The summed E-state index contributed by atoms with van der Waals surface area (Å²) in [6.07, 6.45) is 4.41. The number of hydrogen-bond acceptors (Lipinski definition) is 6. The number of aromatic nitrogens is 1. The molecular weight excluding hydrogens is 522 g/mol. The average Bonchev–Trinajstić information content (AvgIpc) is 3.54. The summed E-state index contributed by atoms with van der Waals surface area (Å²) in [4.78, 5) is 45.5. The lowest BCUT2D eigenvalue weighted by atomic mass is 9.98. The van der Waals surface area contributed by atoms with Gasteiger partial charge < -0.3 is 16.0 Å². The van der Waals surface area contributed by atoms with Crippen LogP contribution in [-0.2, 0) is 20.8 Å². The van der Waals surface area contributed by atoms with E-state index in [4.69, 9.17) is 11.6 Å². The van der Waals surface area contributed by atoms with Gasteiger partial charge in [-0.15, -0.1) is 11.3 Å². The van der Waals surface area contributed by atoms with E-state index in [1.54, 1.807) is 6.07 Å². The van der Waals surface area contributed by atoms with Gasteiger partial charge in [0.1, 0.15) is 6.04 Å². The van der Waals surface area contributed by atoms with Gasteiger partial charge in [-0.2, -0.15) is 0 Å².